The van der Waals surface area contributed by atoms with Gasteiger partial charge in [-0.1, -0.05) is 11.3 Å². The van der Waals surface area contributed by atoms with E-state index in [1.54, 1.807) is 0 Å². The van der Waals surface area contributed by atoms with Crippen molar-refractivity contribution in [3.05, 3.63) is 0 Å². The fourth-order valence-corrected chi connectivity index (χ4v) is 3.80. The van der Waals surface area contributed by atoms with Crippen LogP contribution in [0, 0.1) is 0 Å². The van der Waals surface area contributed by atoms with Crippen LogP contribution in [0.15, 0.2) is 4.34 Å². The van der Waals surface area contributed by atoms with Crippen LogP contribution in [0.1, 0.15) is 0 Å². The molecule has 0 saturated carbocycles. The first kappa shape index (κ1) is 33.8. The molecule has 0 aromatic carbocycles. The predicted octanol–water partition coefficient (Wildman–Crippen LogP) is -2.99. The molecule has 0 radical (unpaired) electrons. The van der Waals surface area contributed by atoms with Gasteiger partial charge >= 0.3 is 17.9 Å². The van der Waals surface area contributed by atoms with E-state index >= 15 is 0 Å². The molecule has 0 saturated heterocycles. The molecule has 0 atom stereocenters. The molecule has 6 N–H and O–H groups in total. The maximum Gasteiger partial charge on any atom is 0.317 e. The summed E-state index contributed by atoms with van der Waals surface area (Å²) in [6, 6.07) is 0. The number of carbonyl (C=O) groups excluding carboxylic acids is 1. The van der Waals surface area contributed by atoms with Crippen LogP contribution < -0.4 is 10.5 Å². The SMILES string of the molecule is NS(=O)(=O)c1nnc(NC(=O)CN(CCOCCOCCN(CC(=O)O)CC(=O)O)CC(=O)O)s1.[Zn]. The Kier molecular flexibility index (Phi) is 16.2. The van der Waals surface area contributed by atoms with E-state index < -0.39 is 57.8 Å². The Bertz CT molecular complexity index is 962. The van der Waals surface area contributed by atoms with Crippen molar-refractivity contribution in [2.45, 2.75) is 4.34 Å². The molecule has 1 aromatic heterocycles. The summed E-state index contributed by atoms with van der Waals surface area (Å²) in [7, 11) is -4.07. The van der Waals surface area contributed by atoms with Gasteiger partial charge in [-0.3, -0.25) is 34.3 Å². The standard InChI is InChI=1S/C16H26N6O11S2.Zn/c17-35(30,31)16-20-19-15(34-16)18-11(23)7-21(8-12(24)25)1-3-32-5-6-33-4-2-22(9-13(26)27)10-14(28)29;/h1-10H2,(H,24,25)(H,26,27)(H,28,29)(H2,17,30,31)(H,18,19,23);. The smallest absolute Gasteiger partial charge is 0.317 e. The summed E-state index contributed by atoms with van der Waals surface area (Å²) in [5.74, 6) is -4.16. The number of carboxylic acids is 3. The second-order valence-corrected chi connectivity index (χ2v) is 9.51. The number of sulfonamides is 1. The van der Waals surface area contributed by atoms with Gasteiger partial charge in [-0.2, -0.15) is 0 Å². The molecular formula is C16H26N6O11S2Zn. The number of nitrogens with one attached hydrogen (secondary N) is 1. The normalized spacial score (nSPS) is 11.3. The van der Waals surface area contributed by atoms with Crippen molar-refractivity contribution in [1.82, 2.24) is 20.0 Å². The number of aliphatic carboxylic acids is 3. The van der Waals surface area contributed by atoms with Crippen molar-refractivity contribution in [3.63, 3.8) is 0 Å². The van der Waals surface area contributed by atoms with E-state index in [9.17, 15) is 27.6 Å². The minimum absolute atomic E-state index is 0. The Labute approximate surface area is 222 Å². The van der Waals surface area contributed by atoms with E-state index in [1.807, 2.05) is 0 Å². The number of rotatable bonds is 19. The van der Waals surface area contributed by atoms with Gasteiger partial charge < -0.3 is 24.8 Å². The van der Waals surface area contributed by atoms with Gasteiger partial charge in [-0.15, -0.1) is 10.2 Å². The van der Waals surface area contributed by atoms with Gasteiger partial charge in [0, 0.05) is 32.6 Å². The Morgan fingerprint density at radius 2 is 1.28 bits per heavy atom. The number of aromatic nitrogens is 2. The van der Waals surface area contributed by atoms with Gasteiger partial charge in [-0.05, 0) is 0 Å². The number of primary sulfonamides is 1. The van der Waals surface area contributed by atoms with Crippen molar-refractivity contribution >= 4 is 50.3 Å². The quantitative estimate of drug-likeness (QED) is 0.0597. The molecule has 1 amide bonds. The van der Waals surface area contributed by atoms with Crippen LogP contribution in [0.2, 0.25) is 0 Å². The Balaban J connectivity index is 0.0000122. The number of carboxylic acid groups (broad SMARTS) is 3. The molecule has 17 nitrogen and oxygen atoms in total. The molecule has 1 rings (SSSR count). The van der Waals surface area contributed by atoms with Crippen LogP contribution in [0.5, 0.6) is 0 Å². The average molecular weight is 608 g/mol. The number of hydrogen-bond donors (Lipinski definition) is 5. The van der Waals surface area contributed by atoms with Crippen LogP contribution in [0.25, 0.3) is 0 Å². The summed E-state index contributed by atoms with van der Waals surface area (Å²) < 4.78 is 32.5. The molecule has 0 aliphatic heterocycles. The third-order valence-electron chi connectivity index (χ3n) is 3.82. The molecule has 0 aliphatic rings. The molecule has 1 aromatic rings. The van der Waals surface area contributed by atoms with Gasteiger partial charge in [0.25, 0.3) is 10.0 Å². The van der Waals surface area contributed by atoms with Crippen molar-refractivity contribution in [2.75, 3.05) is 71.0 Å². The predicted molar refractivity (Wildman–Crippen MR) is 117 cm³/mol. The van der Waals surface area contributed by atoms with E-state index in [0.717, 1.165) is 0 Å². The second kappa shape index (κ2) is 17.3. The number of hydrogen-bond acceptors (Lipinski definition) is 13. The van der Waals surface area contributed by atoms with E-state index in [4.69, 9.17) is 29.9 Å². The van der Waals surface area contributed by atoms with Gasteiger partial charge in [0.1, 0.15) is 0 Å². The summed E-state index contributed by atoms with van der Waals surface area (Å²) in [6.45, 7) is -1.15. The molecule has 0 spiro atoms. The molecule has 36 heavy (non-hydrogen) atoms. The van der Waals surface area contributed by atoms with Crippen molar-refractivity contribution in [2.24, 2.45) is 5.14 Å². The first-order valence-corrected chi connectivity index (χ1v) is 12.1. The van der Waals surface area contributed by atoms with Crippen molar-refractivity contribution in [3.8, 4) is 0 Å². The van der Waals surface area contributed by atoms with E-state index in [0.29, 0.717) is 11.3 Å². The van der Waals surface area contributed by atoms with Crippen molar-refractivity contribution in [1.29, 1.82) is 0 Å². The largest absolute Gasteiger partial charge is 0.480 e. The first-order chi connectivity index (χ1) is 16.4. The molecule has 20 heteroatoms. The molecule has 1 heterocycles. The van der Waals surface area contributed by atoms with Gasteiger partial charge in [0.15, 0.2) is 0 Å². The van der Waals surface area contributed by atoms with Crippen LogP contribution >= 0.6 is 11.3 Å². The average Bonchev–Trinajstić information content (AvgIpc) is 3.17. The number of anilines is 1. The summed E-state index contributed by atoms with van der Waals surface area (Å²) in [5.41, 5.74) is 0. The maximum absolute atomic E-state index is 12.1. The van der Waals surface area contributed by atoms with Gasteiger partial charge in [-0.25, -0.2) is 13.6 Å². The Hall–Kier alpha value is -2.19. The minimum atomic E-state index is -4.07. The van der Waals surface area contributed by atoms with Crippen molar-refractivity contribution < 1.29 is 71.9 Å². The number of nitrogens with two attached hydrogens (primary N) is 1. The third kappa shape index (κ3) is 15.7. The topological polar surface area (TPSA) is 252 Å². The molecule has 0 fully saturated rings. The molecule has 0 unspecified atom stereocenters. The zero-order valence-electron chi connectivity index (χ0n) is 19.1. The zero-order valence-corrected chi connectivity index (χ0v) is 23.7. The molecule has 200 valence electrons. The number of nitrogens with zero attached hydrogens (tertiary/aromatic N) is 4. The van der Waals surface area contributed by atoms with Gasteiger partial charge in [0.05, 0.1) is 52.6 Å². The molecule has 0 aliphatic carbocycles. The number of ether oxygens (including phenoxy) is 2. The van der Waals surface area contributed by atoms with Crippen LogP contribution in [0.4, 0.5) is 5.13 Å². The summed E-state index contributed by atoms with van der Waals surface area (Å²) in [6.07, 6.45) is 0. The molecular weight excluding hydrogens is 582 g/mol. The monoisotopic (exact) mass is 606 g/mol. The fraction of sp³-hybridized carbons (Fsp3) is 0.625. The number of carbonyl (C=O) groups is 4. The second-order valence-electron chi connectivity index (χ2n) is 6.79. The number of amides is 1. The first-order valence-electron chi connectivity index (χ1n) is 9.78. The van der Waals surface area contributed by atoms with E-state index in [-0.39, 0.29) is 70.7 Å². The fourth-order valence-electron chi connectivity index (χ4n) is 2.45. The zero-order chi connectivity index (χ0) is 26.4. The summed E-state index contributed by atoms with van der Waals surface area (Å²) >= 11 is 0.546. The van der Waals surface area contributed by atoms with E-state index in [1.165, 1.54) is 9.80 Å². The van der Waals surface area contributed by atoms with Crippen LogP contribution in [-0.4, -0.2) is 133 Å². The van der Waals surface area contributed by atoms with E-state index in [2.05, 4.69) is 15.5 Å². The summed E-state index contributed by atoms with van der Waals surface area (Å²) in [5, 5.41) is 40.5. The molecule has 0 bridgehead atoms. The maximum atomic E-state index is 12.1. The Morgan fingerprint density at radius 3 is 1.67 bits per heavy atom. The van der Waals surface area contributed by atoms with Crippen LogP contribution in [0.3, 0.4) is 0 Å². The Morgan fingerprint density at radius 1 is 0.833 bits per heavy atom. The third-order valence-corrected chi connectivity index (χ3v) is 5.96. The summed E-state index contributed by atoms with van der Waals surface area (Å²) in [4.78, 5) is 47.1. The minimum Gasteiger partial charge on any atom is -0.480 e. The van der Waals surface area contributed by atoms with Gasteiger partial charge in [0.2, 0.25) is 15.4 Å². The van der Waals surface area contributed by atoms with Crippen LogP contribution in [-0.2, 0) is 58.2 Å².